The zero-order chi connectivity index (χ0) is 5.98. The average Bonchev–Trinajstić information content (AvgIpc) is 1.83. The normalized spacial score (nSPS) is 37.8. The second-order valence-corrected chi connectivity index (χ2v) is 2.29. The fourth-order valence-corrected chi connectivity index (χ4v) is 1.17. The van der Waals surface area contributed by atoms with Crippen molar-refractivity contribution in [1.82, 2.24) is 0 Å². The molecule has 8 heavy (non-hydrogen) atoms. The fraction of sp³-hybridized carbons (Fsp3) is 0.750. The summed E-state index contributed by atoms with van der Waals surface area (Å²) in [6.07, 6.45) is 7.60. The third kappa shape index (κ3) is 0.683. The summed E-state index contributed by atoms with van der Waals surface area (Å²) in [6, 6.07) is 0. The first-order chi connectivity index (χ1) is 3.97. The first-order valence-electron chi connectivity index (χ1n) is 3.65. The standard InChI is InChI=1S/C6H8.C2H6/c1-2-6-4-3-5(1)6;1-2/h1-2,5-6H,3-4H2;1-2H3. The summed E-state index contributed by atoms with van der Waals surface area (Å²) >= 11 is 0. The predicted octanol–water partition coefficient (Wildman–Crippen LogP) is 2.61. The van der Waals surface area contributed by atoms with Crippen LogP contribution in [0.2, 0.25) is 0 Å². The zero-order valence-corrected chi connectivity index (χ0v) is 5.72. The van der Waals surface area contributed by atoms with Crippen LogP contribution in [0.3, 0.4) is 0 Å². The lowest BCUT2D eigenvalue weighted by molar-refractivity contribution is 0.248. The van der Waals surface area contributed by atoms with E-state index in [1.807, 2.05) is 13.8 Å². The quantitative estimate of drug-likeness (QED) is 0.420. The van der Waals surface area contributed by atoms with Gasteiger partial charge in [0.15, 0.2) is 0 Å². The van der Waals surface area contributed by atoms with Crippen molar-refractivity contribution in [2.24, 2.45) is 11.8 Å². The number of hydrogen-bond acceptors (Lipinski definition) is 0. The summed E-state index contributed by atoms with van der Waals surface area (Å²) in [5, 5.41) is 0. The molecule has 0 radical (unpaired) electrons. The van der Waals surface area contributed by atoms with E-state index >= 15 is 0 Å². The molecule has 0 N–H and O–H groups in total. The number of rotatable bonds is 0. The first-order valence-corrected chi connectivity index (χ1v) is 3.65. The Morgan fingerprint density at radius 3 is 1.38 bits per heavy atom. The van der Waals surface area contributed by atoms with Crippen molar-refractivity contribution in [1.29, 1.82) is 0 Å². The maximum atomic E-state index is 2.33. The van der Waals surface area contributed by atoms with Crippen LogP contribution in [0.4, 0.5) is 0 Å². The van der Waals surface area contributed by atoms with E-state index in [1.54, 1.807) is 0 Å². The van der Waals surface area contributed by atoms with Gasteiger partial charge < -0.3 is 0 Å². The second kappa shape index (κ2) is 2.34. The van der Waals surface area contributed by atoms with Gasteiger partial charge in [-0.1, -0.05) is 26.0 Å². The monoisotopic (exact) mass is 110 g/mol. The number of hydrogen-bond donors (Lipinski definition) is 0. The summed E-state index contributed by atoms with van der Waals surface area (Å²) in [4.78, 5) is 0. The smallest absolute Gasteiger partial charge is 0.0170 e. The summed E-state index contributed by atoms with van der Waals surface area (Å²) in [6.45, 7) is 4.00. The highest BCUT2D eigenvalue weighted by atomic mass is 14.4. The van der Waals surface area contributed by atoms with Crippen molar-refractivity contribution < 1.29 is 0 Å². The second-order valence-electron chi connectivity index (χ2n) is 2.29. The number of allylic oxidation sites excluding steroid dienone is 2. The van der Waals surface area contributed by atoms with Crippen molar-refractivity contribution in [3.8, 4) is 0 Å². The van der Waals surface area contributed by atoms with Crippen LogP contribution in [0.15, 0.2) is 12.2 Å². The Hall–Kier alpha value is -0.260. The molecule has 0 aromatic heterocycles. The molecule has 0 aromatic rings. The lowest BCUT2D eigenvalue weighted by atomic mass is 9.66. The van der Waals surface area contributed by atoms with Crippen LogP contribution < -0.4 is 0 Å². The molecule has 0 aliphatic heterocycles. The molecule has 0 saturated heterocycles. The maximum absolute atomic E-state index is 2.33. The van der Waals surface area contributed by atoms with E-state index < -0.39 is 0 Å². The molecule has 2 aliphatic rings. The Labute approximate surface area is 51.6 Å². The van der Waals surface area contributed by atoms with E-state index in [2.05, 4.69) is 12.2 Å². The molecular formula is C8H14. The molecule has 2 atom stereocenters. The maximum Gasteiger partial charge on any atom is -0.0170 e. The molecule has 1 fully saturated rings. The topological polar surface area (TPSA) is 0 Å². The van der Waals surface area contributed by atoms with Gasteiger partial charge in [0.1, 0.15) is 0 Å². The van der Waals surface area contributed by atoms with Crippen LogP contribution in [0.5, 0.6) is 0 Å². The van der Waals surface area contributed by atoms with Crippen LogP contribution in [-0.2, 0) is 0 Å². The van der Waals surface area contributed by atoms with Gasteiger partial charge in [-0.25, -0.2) is 0 Å². The zero-order valence-electron chi connectivity index (χ0n) is 5.72. The molecule has 0 aromatic carbocycles. The third-order valence-corrected chi connectivity index (χ3v) is 1.99. The molecule has 2 unspecified atom stereocenters. The van der Waals surface area contributed by atoms with Gasteiger partial charge in [0.25, 0.3) is 0 Å². The van der Waals surface area contributed by atoms with E-state index in [9.17, 15) is 0 Å². The van der Waals surface area contributed by atoms with Gasteiger partial charge in [-0.15, -0.1) is 0 Å². The van der Waals surface area contributed by atoms with Crippen LogP contribution >= 0.6 is 0 Å². The van der Waals surface area contributed by atoms with E-state index in [0.29, 0.717) is 0 Å². The Morgan fingerprint density at radius 2 is 1.38 bits per heavy atom. The minimum absolute atomic E-state index is 1.03. The van der Waals surface area contributed by atoms with Gasteiger partial charge in [0.2, 0.25) is 0 Å². The van der Waals surface area contributed by atoms with Gasteiger partial charge in [-0.3, -0.25) is 0 Å². The van der Waals surface area contributed by atoms with Gasteiger partial charge in [0, 0.05) is 0 Å². The molecule has 0 heterocycles. The van der Waals surface area contributed by atoms with Crippen LogP contribution in [0, 0.1) is 11.8 Å². The molecule has 0 amide bonds. The highest BCUT2D eigenvalue weighted by Gasteiger charge is 2.31. The highest BCUT2D eigenvalue weighted by Crippen LogP contribution is 2.43. The number of fused-ring (bicyclic) bond motifs is 1. The average molecular weight is 110 g/mol. The molecule has 0 nitrogen and oxygen atoms in total. The molecule has 0 heteroatoms. The molecule has 2 aliphatic carbocycles. The first kappa shape index (κ1) is 5.87. The van der Waals surface area contributed by atoms with Crippen LogP contribution in [-0.4, -0.2) is 0 Å². The van der Waals surface area contributed by atoms with Crippen LogP contribution in [0.1, 0.15) is 26.7 Å². The fourth-order valence-electron chi connectivity index (χ4n) is 1.17. The van der Waals surface area contributed by atoms with Crippen molar-refractivity contribution in [2.75, 3.05) is 0 Å². The molecule has 2 rings (SSSR count). The predicted molar refractivity (Wildman–Crippen MR) is 36.7 cm³/mol. The van der Waals surface area contributed by atoms with Crippen molar-refractivity contribution in [3.05, 3.63) is 12.2 Å². The Morgan fingerprint density at radius 1 is 1.00 bits per heavy atom. The van der Waals surface area contributed by atoms with Gasteiger partial charge in [-0.05, 0) is 24.7 Å². The van der Waals surface area contributed by atoms with Crippen molar-refractivity contribution in [2.45, 2.75) is 26.7 Å². The minimum Gasteiger partial charge on any atom is -0.0845 e. The Balaban J connectivity index is 0.000000147. The van der Waals surface area contributed by atoms with Crippen LogP contribution in [0.25, 0.3) is 0 Å². The van der Waals surface area contributed by atoms with Crippen molar-refractivity contribution in [3.63, 3.8) is 0 Å². The van der Waals surface area contributed by atoms with E-state index in [0.717, 1.165) is 11.8 Å². The van der Waals surface area contributed by atoms with E-state index in [-0.39, 0.29) is 0 Å². The van der Waals surface area contributed by atoms with E-state index in [4.69, 9.17) is 0 Å². The molecule has 0 bridgehead atoms. The summed E-state index contributed by atoms with van der Waals surface area (Å²) in [7, 11) is 0. The van der Waals surface area contributed by atoms with E-state index in [1.165, 1.54) is 12.8 Å². The molecule has 46 valence electrons. The molecule has 1 saturated carbocycles. The molecular weight excluding hydrogens is 96.1 g/mol. The lowest BCUT2D eigenvalue weighted by Crippen LogP contribution is -2.28. The summed E-state index contributed by atoms with van der Waals surface area (Å²) < 4.78 is 0. The van der Waals surface area contributed by atoms with Gasteiger partial charge >= 0.3 is 0 Å². The molecule has 0 spiro atoms. The van der Waals surface area contributed by atoms with Gasteiger partial charge in [-0.2, -0.15) is 0 Å². The third-order valence-electron chi connectivity index (χ3n) is 1.99. The Bertz CT molecular complexity index is 80.2. The lowest BCUT2D eigenvalue weighted by Gasteiger charge is -2.39. The largest absolute Gasteiger partial charge is 0.0845 e. The summed E-state index contributed by atoms with van der Waals surface area (Å²) in [5.41, 5.74) is 0. The highest BCUT2D eigenvalue weighted by molar-refractivity contribution is 5.14. The minimum atomic E-state index is 1.03. The summed E-state index contributed by atoms with van der Waals surface area (Å²) in [5.74, 6) is 2.06. The SMILES string of the molecule is C1=CC2CCC12.CC. The van der Waals surface area contributed by atoms with Crippen molar-refractivity contribution >= 4 is 0 Å². The van der Waals surface area contributed by atoms with Gasteiger partial charge in [0.05, 0.1) is 0 Å². The Kier molecular flexibility index (Phi) is 1.72.